The summed E-state index contributed by atoms with van der Waals surface area (Å²) in [6.45, 7) is 5.72. The Kier molecular flexibility index (Phi) is 11.1. The Bertz CT molecular complexity index is 780. The molecule has 0 aliphatic heterocycles. The molecule has 0 bridgehead atoms. The Labute approximate surface area is 185 Å². The number of carbonyl (C=O) groups excluding carboxylic acids is 1. The van der Waals surface area contributed by atoms with E-state index in [0.29, 0.717) is 6.54 Å². The number of nitrogens with one attached hydrogen (secondary N) is 1. The predicted octanol–water partition coefficient (Wildman–Crippen LogP) is 6.13. The Balaban J connectivity index is 1.89. The van der Waals surface area contributed by atoms with E-state index in [1.54, 1.807) is 29.5 Å². The highest BCUT2D eigenvalue weighted by molar-refractivity contribution is 7.11. The molecule has 4 nitrogen and oxygen atoms in total. The van der Waals surface area contributed by atoms with Crippen molar-refractivity contribution in [3.8, 4) is 11.5 Å². The van der Waals surface area contributed by atoms with Gasteiger partial charge >= 0.3 is 0 Å². The number of ether oxygens (including phenoxy) is 1. The van der Waals surface area contributed by atoms with Gasteiger partial charge in [0.05, 0.1) is 6.61 Å². The van der Waals surface area contributed by atoms with Gasteiger partial charge in [0.25, 0.3) is 0 Å². The Hall–Kier alpha value is -2.27. The topological polar surface area (TPSA) is 58.6 Å². The predicted molar refractivity (Wildman–Crippen MR) is 126 cm³/mol. The second kappa shape index (κ2) is 13.9. The van der Waals surface area contributed by atoms with Crippen molar-refractivity contribution in [1.29, 1.82) is 0 Å². The molecule has 1 aromatic heterocycles. The molecule has 164 valence electrons. The van der Waals surface area contributed by atoms with Crippen LogP contribution in [0.2, 0.25) is 0 Å². The van der Waals surface area contributed by atoms with E-state index in [9.17, 15) is 9.90 Å². The van der Waals surface area contributed by atoms with Crippen LogP contribution in [-0.2, 0) is 17.6 Å². The molecular weight excluding hydrogens is 394 g/mol. The molecule has 0 unspecified atom stereocenters. The highest BCUT2D eigenvalue weighted by Crippen LogP contribution is 2.32. The number of phenolic OH excluding ortho intramolecular Hbond substituents is 1. The first kappa shape index (κ1) is 24.0. The van der Waals surface area contributed by atoms with Gasteiger partial charge in [-0.1, -0.05) is 51.7 Å². The fourth-order valence-electron chi connectivity index (χ4n) is 3.18. The van der Waals surface area contributed by atoms with Crippen molar-refractivity contribution >= 4 is 23.3 Å². The number of amides is 1. The van der Waals surface area contributed by atoms with Gasteiger partial charge in [0.1, 0.15) is 11.5 Å². The summed E-state index contributed by atoms with van der Waals surface area (Å²) in [7, 11) is 0. The second-order valence-corrected chi connectivity index (χ2v) is 8.41. The van der Waals surface area contributed by atoms with E-state index in [1.807, 2.05) is 18.2 Å². The molecule has 2 aromatic rings. The number of hydrogen-bond acceptors (Lipinski definition) is 4. The average Bonchev–Trinajstić information content (AvgIpc) is 3.13. The molecule has 1 heterocycles. The van der Waals surface area contributed by atoms with Crippen molar-refractivity contribution in [2.75, 3.05) is 13.2 Å². The number of phenols is 1. The largest absolute Gasteiger partial charge is 0.508 e. The summed E-state index contributed by atoms with van der Waals surface area (Å²) in [6.07, 6.45) is 12.2. The first-order valence-corrected chi connectivity index (χ1v) is 12.0. The van der Waals surface area contributed by atoms with E-state index in [-0.39, 0.29) is 11.7 Å². The molecule has 0 atom stereocenters. The summed E-state index contributed by atoms with van der Waals surface area (Å²) in [6, 6.07) is 7.06. The standard InChI is InChI=1S/C25H35NO3S/c1-3-5-7-9-22-23(29-18-8-6-4-2)19-30-24(22)14-15-25(28)26-17-16-20-10-12-21(27)13-11-20/h10-15,19,27H,3-9,16-18H2,1-2H3,(H,26,28). The molecule has 0 saturated carbocycles. The van der Waals surface area contributed by atoms with Crippen molar-refractivity contribution in [2.45, 2.75) is 65.2 Å². The maximum absolute atomic E-state index is 12.2. The second-order valence-electron chi connectivity index (χ2n) is 7.50. The third-order valence-electron chi connectivity index (χ3n) is 4.96. The number of rotatable bonds is 14. The molecule has 2 N–H and O–H groups in total. The van der Waals surface area contributed by atoms with Gasteiger partial charge < -0.3 is 15.2 Å². The van der Waals surface area contributed by atoms with E-state index in [1.165, 1.54) is 31.2 Å². The number of thiophene rings is 1. The Morgan fingerprint density at radius 2 is 1.80 bits per heavy atom. The lowest BCUT2D eigenvalue weighted by atomic mass is 10.1. The minimum atomic E-state index is -0.0906. The van der Waals surface area contributed by atoms with Gasteiger partial charge in [-0.05, 0) is 49.5 Å². The van der Waals surface area contributed by atoms with E-state index in [4.69, 9.17) is 4.74 Å². The molecule has 0 radical (unpaired) electrons. The highest BCUT2D eigenvalue weighted by Gasteiger charge is 2.11. The van der Waals surface area contributed by atoms with Crippen LogP contribution < -0.4 is 10.1 Å². The molecule has 2 rings (SSSR count). The smallest absolute Gasteiger partial charge is 0.244 e. The lowest BCUT2D eigenvalue weighted by Crippen LogP contribution is -2.23. The SMILES string of the molecule is CCCCCOc1csc(C=CC(=O)NCCc2ccc(O)cc2)c1CCCCC. The summed E-state index contributed by atoms with van der Waals surface area (Å²) in [5.41, 5.74) is 2.32. The summed E-state index contributed by atoms with van der Waals surface area (Å²) in [4.78, 5) is 13.3. The van der Waals surface area contributed by atoms with Crippen molar-refractivity contribution in [1.82, 2.24) is 5.32 Å². The van der Waals surface area contributed by atoms with Gasteiger partial charge in [-0.15, -0.1) is 11.3 Å². The molecule has 0 spiro atoms. The lowest BCUT2D eigenvalue weighted by molar-refractivity contribution is -0.116. The van der Waals surface area contributed by atoms with E-state index in [0.717, 1.165) is 48.5 Å². The van der Waals surface area contributed by atoms with Gasteiger partial charge in [0.2, 0.25) is 5.91 Å². The van der Waals surface area contributed by atoms with Crippen molar-refractivity contribution in [2.24, 2.45) is 0 Å². The molecule has 30 heavy (non-hydrogen) atoms. The minimum absolute atomic E-state index is 0.0906. The number of aromatic hydroxyl groups is 1. The first-order valence-electron chi connectivity index (χ1n) is 11.1. The maximum Gasteiger partial charge on any atom is 0.244 e. The van der Waals surface area contributed by atoms with Crippen LogP contribution in [0.5, 0.6) is 11.5 Å². The van der Waals surface area contributed by atoms with Crippen molar-refractivity contribution in [3.63, 3.8) is 0 Å². The number of benzene rings is 1. The van der Waals surface area contributed by atoms with Crippen LogP contribution in [0.3, 0.4) is 0 Å². The average molecular weight is 430 g/mol. The van der Waals surface area contributed by atoms with Gasteiger partial charge in [-0.25, -0.2) is 0 Å². The van der Waals surface area contributed by atoms with Gasteiger partial charge in [0, 0.05) is 28.4 Å². The van der Waals surface area contributed by atoms with Crippen molar-refractivity contribution in [3.05, 3.63) is 51.7 Å². The van der Waals surface area contributed by atoms with Crippen LogP contribution in [0.1, 0.15) is 68.4 Å². The molecule has 5 heteroatoms. The van der Waals surface area contributed by atoms with Crippen LogP contribution in [0, 0.1) is 0 Å². The molecule has 0 aliphatic rings. The number of unbranched alkanes of at least 4 members (excludes halogenated alkanes) is 4. The summed E-state index contributed by atoms with van der Waals surface area (Å²) >= 11 is 1.65. The van der Waals surface area contributed by atoms with E-state index >= 15 is 0 Å². The zero-order valence-electron chi connectivity index (χ0n) is 18.3. The molecule has 0 fully saturated rings. The maximum atomic E-state index is 12.2. The van der Waals surface area contributed by atoms with Crippen LogP contribution in [0.15, 0.2) is 35.7 Å². The van der Waals surface area contributed by atoms with Crippen LogP contribution in [0.4, 0.5) is 0 Å². The molecule has 0 aliphatic carbocycles. The first-order chi connectivity index (χ1) is 14.6. The molecule has 0 saturated heterocycles. The third-order valence-corrected chi connectivity index (χ3v) is 5.93. The van der Waals surface area contributed by atoms with Gasteiger partial charge in [-0.3, -0.25) is 4.79 Å². The van der Waals surface area contributed by atoms with Crippen LogP contribution in [-0.4, -0.2) is 24.2 Å². The fourth-order valence-corrected chi connectivity index (χ4v) is 4.11. The monoisotopic (exact) mass is 429 g/mol. The Morgan fingerprint density at radius 3 is 2.53 bits per heavy atom. The fraction of sp³-hybridized carbons (Fsp3) is 0.480. The Morgan fingerprint density at radius 1 is 1.07 bits per heavy atom. The number of carbonyl (C=O) groups is 1. The normalized spacial score (nSPS) is 11.1. The summed E-state index contributed by atoms with van der Waals surface area (Å²) in [5.74, 6) is 1.15. The third kappa shape index (κ3) is 8.62. The number of hydrogen-bond donors (Lipinski definition) is 2. The summed E-state index contributed by atoms with van der Waals surface area (Å²) in [5, 5.41) is 14.3. The quantitative estimate of drug-likeness (QED) is 0.281. The van der Waals surface area contributed by atoms with Crippen LogP contribution >= 0.6 is 11.3 Å². The lowest BCUT2D eigenvalue weighted by Gasteiger charge is -2.08. The highest BCUT2D eigenvalue weighted by atomic mass is 32.1. The molecule has 1 aromatic carbocycles. The molecular formula is C25H35NO3S. The minimum Gasteiger partial charge on any atom is -0.508 e. The zero-order valence-corrected chi connectivity index (χ0v) is 19.1. The molecule has 1 amide bonds. The zero-order chi connectivity index (χ0) is 21.6. The van der Waals surface area contributed by atoms with Gasteiger partial charge in [0.15, 0.2) is 0 Å². The van der Waals surface area contributed by atoms with Gasteiger partial charge in [-0.2, -0.15) is 0 Å². The van der Waals surface area contributed by atoms with E-state index < -0.39 is 0 Å². The van der Waals surface area contributed by atoms with Crippen molar-refractivity contribution < 1.29 is 14.6 Å². The van der Waals surface area contributed by atoms with E-state index in [2.05, 4.69) is 24.5 Å². The van der Waals surface area contributed by atoms with Crippen LogP contribution in [0.25, 0.3) is 6.08 Å². The summed E-state index contributed by atoms with van der Waals surface area (Å²) < 4.78 is 6.04.